The average molecular weight is 304 g/mol. The molecule has 1 unspecified atom stereocenters. The van der Waals surface area contributed by atoms with Gasteiger partial charge in [0.25, 0.3) is 0 Å². The van der Waals surface area contributed by atoms with Crippen molar-refractivity contribution in [1.82, 2.24) is 9.88 Å². The zero-order chi connectivity index (χ0) is 13.0. The quantitative estimate of drug-likeness (QED) is 0.906. The first kappa shape index (κ1) is 14.4. The monoisotopic (exact) mass is 303 g/mol. The van der Waals surface area contributed by atoms with Crippen molar-refractivity contribution >= 4 is 21.7 Å². The molecule has 1 N–H and O–H groups in total. The molecule has 1 heterocycles. The van der Waals surface area contributed by atoms with Gasteiger partial charge in [0.2, 0.25) is 0 Å². The molecule has 17 heavy (non-hydrogen) atoms. The summed E-state index contributed by atoms with van der Waals surface area (Å²) in [7, 11) is 4.00. The maximum absolute atomic E-state index is 13.6. The number of hydrogen-bond donors (Lipinski definition) is 1. The van der Waals surface area contributed by atoms with Gasteiger partial charge >= 0.3 is 0 Å². The van der Waals surface area contributed by atoms with Gasteiger partial charge in [0, 0.05) is 23.3 Å². The van der Waals surface area contributed by atoms with Crippen molar-refractivity contribution in [2.24, 2.45) is 5.92 Å². The van der Waals surface area contributed by atoms with Crippen LogP contribution in [0.2, 0.25) is 0 Å². The van der Waals surface area contributed by atoms with Crippen molar-refractivity contribution < 1.29 is 4.39 Å². The van der Waals surface area contributed by atoms with E-state index in [2.05, 4.69) is 45.0 Å². The number of pyridine rings is 1. The highest BCUT2D eigenvalue weighted by Gasteiger charge is 2.16. The van der Waals surface area contributed by atoms with Crippen LogP contribution in [0.15, 0.2) is 16.7 Å². The summed E-state index contributed by atoms with van der Waals surface area (Å²) in [5, 5.41) is 3.16. The molecule has 0 saturated heterocycles. The highest BCUT2D eigenvalue weighted by molar-refractivity contribution is 9.10. The van der Waals surface area contributed by atoms with Crippen LogP contribution in [-0.4, -0.2) is 36.6 Å². The van der Waals surface area contributed by atoms with Gasteiger partial charge < -0.3 is 10.2 Å². The Morgan fingerprint density at radius 2 is 2.12 bits per heavy atom. The van der Waals surface area contributed by atoms with Crippen LogP contribution in [0.4, 0.5) is 10.2 Å². The van der Waals surface area contributed by atoms with E-state index in [1.807, 2.05) is 14.1 Å². The molecular weight excluding hydrogens is 285 g/mol. The predicted molar refractivity (Wildman–Crippen MR) is 72.7 cm³/mol. The fraction of sp³-hybridized carbons (Fsp3) is 0.583. The van der Waals surface area contributed by atoms with Gasteiger partial charge in [-0.3, -0.25) is 0 Å². The van der Waals surface area contributed by atoms with Crippen molar-refractivity contribution in [3.05, 3.63) is 22.6 Å². The van der Waals surface area contributed by atoms with E-state index < -0.39 is 0 Å². The van der Waals surface area contributed by atoms with E-state index in [9.17, 15) is 4.39 Å². The predicted octanol–water partition coefficient (Wildman–Crippen LogP) is 2.98. The fourth-order valence-corrected chi connectivity index (χ4v) is 1.82. The zero-order valence-electron chi connectivity index (χ0n) is 10.7. The SMILES string of the molecule is CC(C)C(CN(C)C)Nc1ncc(Br)cc1F. The molecule has 0 aliphatic heterocycles. The molecule has 5 heteroatoms. The molecule has 0 spiro atoms. The van der Waals surface area contributed by atoms with Gasteiger partial charge in [-0.1, -0.05) is 13.8 Å². The van der Waals surface area contributed by atoms with E-state index in [0.717, 1.165) is 6.54 Å². The largest absolute Gasteiger partial charge is 0.363 e. The normalized spacial score (nSPS) is 13.2. The minimum Gasteiger partial charge on any atom is -0.363 e. The number of nitrogens with one attached hydrogen (secondary N) is 1. The maximum Gasteiger partial charge on any atom is 0.166 e. The summed E-state index contributed by atoms with van der Waals surface area (Å²) < 4.78 is 14.3. The molecule has 96 valence electrons. The lowest BCUT2D eigenvalue weighted by Gasteiger charge is -2.26. The topological polar surface area (TPSA) is 28.2 Å². The highest BCUT2D eigenvalue weighted by atomic mass is 79.9. The Labute approximate surface area is 111 Å². The summed E-state index contributed by atoms with van der Waals surface area (Å²) in [6, 6.07) is 1.59. The molecule has 1 aromatic heterocycles. The Morgan fingerprint density at radius 1 is 1.47 bits per heavy atom. The van der Waals surface area contributed by atoms with Crippen molar-refractivity contribution in [1.29, 1.82) is 0 Å². The molecule has 0 fully saturated rings. The molecule has 0 aromatic carbocycles. The van der Waals surface area contributed by atoms with Gasteiger partial charge in [0.05, 0.1) is 0 Å². The van der Waals surface area contributed by atoms with Crippen LogP contribution < -0.4 is 5.32 Å². The van der Waals surface area contributed by atoms with Crippen LogP contribution in [-0.2, 0) is 0 Å². The lowest BCUT2D eigenvalue weighted by molar-refractivity contribution is 0.343. The summed E-state index contributed by atoms with van der Waals surface area (Å²) >= 11 is 3.19. The van der Waals surface area contributed by atoms with E-state index in [0.29, 0.717) is 16.2 Å². The number of halogens is 2. The second-order valence-electron chi connectivity index (χ2n) is 4.74. The Balaban J connectivity index is 2.78. The summed E-state index contributed by atoms with van der Waals surface area (Å²) in [4.78, 5) is 6.13. The molecule has 0 amide bonds. The van der Waals surface area contributed by atoms with Crippen LogP contribution >= 0.6 is 15.9 Å². The van der Waals surface area contributed by atoms with Crippen molar-refractivity contribution in [2.75, 3.05) is 26.0 Å². The number of likely N-dealkylation sites (N-methyl/N-ethyl adjacent to an activating group) is 1. The number of rotatable bonds is 5. The van der Waals surface area contributed by atoms with E-state index >= 15 is 0 Å². The van der Waals surface area contributed by atoms with Gasteiger partial charge in [-0.05, 0) is 42.0 Å². The number of aromatic nitrogens is 1. The number of anilines is 1. The molecule has 3 nitrogen and oxygen atoms in total. The van der Waals surface area contributed by atoms with Gasteiger partial charge in [-0.2, -0.15) is 0 Å². The second-order valence-corrected chi connectivity index (χ2v) is 5.66. The minimum atomic E-state index is -0.330. The van der Waals surface area contributed by atoms with Crippen LogP contribution in [0.3, 0.4) is 0 Å². The summed E-state index contributed by atoms with van der Waals surface area (Å²) in [6.45, 7) is 5.06. The first-order valence-electron chi connectivity index (χ1n) is 5.62. The van der Waals surface area contributed by atoms with E-state index in [4.69, 9.17) is 0 Å². The van der Waals surface area contributed by atoms with Crippen LogP contribution in [0.5, 0.6) is 0 Å². The highest BCUT2D eigenvalue weighted by Crippen LogP contribution is 2.18. The van der Waals surface area contributed by atoms with E-state index in [-0.39, 0.29) is 11.9 Å². The minimum absolute atomic E-state index is 0.174. The van der Waals surface area contributed by atoms with Crippen molar-refractivity contribution in [2.45, 2.75) is 19.9 Å². The Kier molecular flexibility index (Phi) is 5.33. The molecule has 1 rings (SSSR count). The van der Waals surface area contributed by atoms with Gasteiger partial charge in [0.1, 0.15) is 0 Å². The third-order valence-electron chi connectivity index (χ3n) is 2.50. The van der Waals surface area contributed by atoms with E-state index in [1.54, 1.807) is 6.20 Å². The molecule has 0 aliphatic carbocycles. The van der Waals surface area contributed by atoms with Crippen LogP contribution in [0.25, 0.3) is 0 Å². The van der Waals surface area contributed by atoms with Gasteiger partial charge in [0.15, 0.2) is 11.6 Å². The summed E-state index contributed by atoms with van der Waals surface area (Å²) in [5.74, 6) is 0.389. The maximum atomic E-state index is 13.6. The lowest BCUT2D eigenvalue weighted by Crippen LogP contribution is -2.36. The van der Waals surface area contributed by atoms with Crippen LogP contribution in [0, 0.1) is 11.7 Å². The third kappa shape index (κ3) is 4.60. The average Bonchev–Trinajstić information content (AvgIpc) is 2.19. The first-order chi connectivity index (χ1) is 7.90. The zero-order valence-corrected chi connectivity index (χ0v) is 12.3. The molecular formula is C12H19BrFN3. The van der Waals surface area contributed by atoms with Crippen LogP contribution in [0.1, 0.15) is 13.8 Å². The molecule has 1 atom stereocenters. The van der Waals surface area contributed by atoms with Gasteiger partial charge in [-0.15, -0.1) is 0 Å². The first-order valence-corrected chi connectivity index (χ1v) is 6.41. The Bertz CT molecular complexity index is 369. The third-order valence-corrected chi connectivity index (χ3v) is 2.93. The van der Waals surface area contributed by atoms with E-state index in [1.165, 1.54) is 6.07 Å². The Morgan fingerprint density at radius 3 is 2.59 bits per heavy atom. The fourth-order valence-electron chi connectivity index (χ4n) is 1.51. The summed E-state index contributed by atoms with van der Waals surface area (Å²) in [6.07, 6.45) is 1.60. The summed E-state index contributed by atoms with van der Waals surface area (Å²) in [5.41, 5.74) is 0. The Hall–Kier alpha value is -0.680. The van der Waals surface area contributed by atoms with Gasteiger partial charge in [-0.25, -0.2) is 9.37 Å². The molecule has 0 bridgehead atoms. The van der Waals surface area contributed by atoms with Crippen molar-refractivity contribution in [3.8, 4) is 0 Å². The molecule has 0 saturated carbocycles. The smallest absolute Gasteiger partial charge is 0.166 e. The standard InChI is InChI=1S/C12H19BrFN3/c1-8(2)11(7-17(3)4)16-12-10(14)5-9(13)6-15-12/h5-6,8,11H,7H2,1-4H3,(H,15,16). The van der Waals surface area contributed by atoms with Crippen molar-refractivity contribution in [3.63, 3.8) is 0 Å². The second kappa shape index (κ2) is 6.31. The molecule has 1 aromatic rings. The molecule has 0 aliphatic rings. The lowest BCUT2D eigenvalue weighted by atomic mass is 10.0. The molecule has 0 radical (unpaired) electrons. The number of hydrogen-bond acceptors (Lipinski definition) is 3. The number of nitrogens with zero attached hydrogens (tertiary/aromatic N) is 2.